The number of carbonyl (C=O) groups excluding carboxylic acids is 1. The van der Waals surface area contributed by atoms with Crippen LogP contribution in [-0.2, 0) is 17.9 Å². The van der Waals surface area contributed by atoms with Crippen LogP contribution < -0.4 is 20.3 Å². The Morgan fingerprint density at radius 3 is 2.73 bits per heavy atom. The van der Waals surface area contributed by atoms with E-state index in [0.717, 1.165) is 10.9 Å². The number of carbonyl (C=O) groups is 1. The zero-order valence-electron chi connectivity index (χ0n) is 13.3. The summed E-state index contributed by atoms with van der Waals surface area (Å²) in [6.45, 7) is -3.27. The number of benzene rings is 1. The van der Waals surface area contributed by atoms with Crippen molar-refractivity contribution < 1.29 is 23.0 Å². The summed E-state index contributed by atoms with van der Waals surface area (Å²) in [4.78, 5) is 23.8. The van der Waals surface area contributed by atoms with E-state index in [1.807, 2.05) is 0 Å². The molecule has 11 heteroatoms. The number of amides is 1. The Hall–Kier alpha value is -2.39. The van der Waals surface area contributed by atoms with Crippen molar-refractivity contribution in [2.75, 3.05) is 7.11 Å². The lowest BCUT2D eigenvalue weighted by Gasteiger charge is -2.12. The second kappa shape index (κ2) is 8.81. The third-order valence-electron chi connectivity index (χ3n) is 3.17. The highest BCUT2D eigenvalue weighted by atomic mass is 35.5. The first-order valence-corrected chi connectivity index (χ1v) is 7.87. The zero-order valence-corrected chi connectivity index (χ0v) is 14.9. The molecule has 0 atom stereocenters. The van der Waals surface area contributed by atoms with E-state index in [2.05, 4.69) is 15.2 Å². The number of hydrogen-bond donors (Lipinski definition) is 1. The lowest BCUT2D eigenvalue weighted by atomic mass is 10.2. The van der Waals surface area contributed by atoms with Gasteiger partial charge in [-0.15, -0.1) is 0 Å². The molecule has 0 aliphatic heterocycles. The molecule has 0 unspecified atom stereocenters. The maximum absolute atomic E-state index is 12.3. The number of nitrogens with zero attached hydrogens (tertiary/aromatic N) is 2. The number of halogens is 4. The van der Waals surface area contributed by atoms with Crippen molar-refractivity contribution in [1.82, 2.24) is 15.1 Å². The van der Waals surface area contributed by atoms with Gasteiger partial charge in [0.05, 0.1) is 18.3 Å². The first-order chi connectivity index (χ1) is 12.3. The van der Waals surface area contributed by atoms with Crippen LogP contribution in [0.4, 0.5) is 8.78 Å². The summed E-state index contributed by atoms with van der Waals surface area (Å²) in [5.74, 6) is -0.534. The van der Waals surface area contributed by atoms with E-state index in [-0.39, 0.29) is 34.6 Å². The van der Waals surface area contributed by atoms with Gasteiger partial charge in [0.15, 0.2) is 11.5 Å². The molecule has 0 fully saturated rings. The van der Waals surface area contributed by atoms with Crippen LogP contribution in [0.5, 0.6) is 11.5 Å². The average molecular weight is 408 g/mol. The normalized spacial score (nSPS) is 10.7. The Kier molecular flexibility index (Phi) is 6.76. The smallest absolute Gasteiger partial charge is 0.387 e. The SMILES string of the molecule is COc1cc(CNC(=O)Cn2ncc(Cl)c(Cl)c2=O)ccc1OC(F)F. The lowest BCUT2D eigenvalue weighted by molar-refractivity contribution is -0.122. The Morgan fingerprint density at radius 1 is 1.35 bits per heavy atom. The zero-order chi connectivity index (χ0) is 19.3. The van der Waals surface area contributed by atoms with Crippen LogP contribution in [-0.4, -0.2) is 29.4 Å². The van der Waals surface area contributed by atoms with Crippen molar-refractivity contribution in [2.45, 2.75) is 19.7 Å². The van der Waals surface area contributed by atoms with Gasteiger partial charge in [-0.25, -0.2) is 4.68 Å². The highest BCUT2D eigenvalue weighted by Crippen LogP contribution is 2.29. The van der Waals surface area contributed by atoms with Crippen molar-refractivity contribution >= 4 is 29.1 Å². The van der Waals surface area contributed by atoms with E-state index in [4.69, 9.17) is 27.9 Å². The molecule has 1 amide bonds. The minimum Gasteiger partial charge on any atom is -0.493 e. The molecule has 1 aromatic carbocycles. The molecule has 1 aromatic heterocycles. The van der Waals surface area contributed by atoms with Gasteiger partial charge >= 0.3 is 6.61 Å². The van der Waals surface area contributed by atoms with E-state index in [0.29, 0.717) is 5.56 Å². The third-order valence-corrected chi connectivity index (χ3v) is 3.92. The summed E-state index contributed by atoms with van der Waals surface area (Å²) in [7, 11) is 1.30. The van der Waals surface area contributed by atoms with Crippen LogP contribution in [0.15, 0.2) is 29.2 Å². The Labute approximate surface area is 156 Å². The molecular formula is C15H13Cl2F2N3O4. The molecule has 0 radical (unpaired) electrons. The average Bonchev–Trinajstić information content (AvgIpc) is 2.61. The van der Waals surface area contributed by atoms with E-state index in [1.165, 1.54) is 25.3 Å². The number of alkyl halides is 2. The molecule has 0 aliphatic carbocycles. The number of nitrogens with one attached hydrogen (secondary N) is 1. The predicted octanol–water partition coefficient (Wildman–Crippen LogP) is 2.48. The predicted molar refractivity (Wildman–Crippen MR) is 90.0 cm³/mol. The molecule has 1 heterocycles. The van der Waals surface area contributed by atoms with Crippen LogP contribution in [0.1, 0.15) is 5.56 Å². The number of hydrogen-bond acceptors (Lipinski definition) is 5. The second-order valence-corrected chi connectivity index (χ2v) is 5.69. The number of ether oxygens (including phenoxy) is 2. The second-order valence-electron chi connectivity index (χ2n) is 4.91. The van der Waals surface area contributed by atoms with Crippen molar-refractivity contribution in [3.05, 3.63) is 50.4 Å². The topological polar surface area (TPSA) is 82.5 Å². The first kappa shape index (κ1) is 19.9. The maximum Gasteiger partial charge on any atom is 0.387 e. The highest BCUT2D eigenvalue weighted by molar-refractivity contribution is 6.41. The lowest BCUT2D eigenvalue weighted by Crippen LogP contribution is -2.33. The van der Waals surface area contributed by atoms with Crippen LogP contribution in [0.25, 0.3) is 0 Å². The Balaban J connectivity index is 2.01. The molecule has 7 nitrogen and oxygen atoms in total. The summed E-state index contributed by atoms with van der Waals surface area (Å²) in [6.07, 6.45) is 1.16. The largest absolute Gasteiger partial charge is 0.493 e. The van der Waals surface area contributed by atoms with Crippen molar-refractivity contribution in [2.24, 2.45) is 0 Å². The maximum atomic E-state index is 12.3. The fourth-order valence-electron chi connectivity index (χ4n) is 1.97. The fraction of sp³-hybridized carbons (Fsp3) is 0.267. The van der Waals surface area contributed by atoms with E-state index in [9.17, 15) is 18.4 Å². The molecular weight excluding hydrogens is 395 g/mol. The Morgan fingerprint density at radius 2 is 2.08 bits per heavy atom. The van der Waals surface area contributed by atoms with Crippen LogP contribution in [0.3, 0.4) is 0 Å². The van der Waals surface area contributed by atoms with Gasteiger partial charge in [-0.3, -0.25) is 9.59 Å². The highest BCUT2D eigenvalue weighted by Gasteiger charge is 2.13. The van der Waals surface area contributed by atoms with Crippen molar-refractivity contribution in [1.29, 1.82) is 0 Å². The molecule has 0 saturated heterocycles. The van der Waals surface area contributed by atoms with E-state index < -0.39 is 18.1 Å². The van der Waals surface area contributed by atoms with Gasteiger partial charge in [0, 0.05) is 6.54 Å². The molecule has 26 heavy (non-hydrogen) atoms. The fourth-order valence-corrected chi connectivity index (χ4v) is 2.24. The number of methoxy groups -OCH3 is 1. The minimum atomic E-state index is -2.98. The van der Waals surface area contributed by atoms with Crippen LogP contribution >= 0.6 is 23.2 Å². The van der Waals surface area contributed by atoms with Crippen molar-refractivity contribution in [3.63, 3.8) is 0 Å². The van der Waals surface area contributed by atoms with Crippen molar-refractivity contribution in [3.8, 4) is 11.5 Å². The van der Waals surface area contributed by atoms with Gasteiger partial charge < -0.3 is 14.8 Å². The van der Waals surface area contributed by atoms with Gasteiger partial charge in [0.1, 0.15) is 11.6 Å². The minimum absolute atomic E-state index is 0.00785. The van der Waals surface area contributed by atoms with Crippen LogP contribution in [0.2, 0.25) is 10.0 Å². The Bertz CT molecular complexity index is 861. The third kappa shape index (κ3) is 5.06. The van der Waals surface area contributed by atoms with E-state index in [1.54, 1.807) is 0 Å². The first-order valence-electron chi connectivity index (χ1n) is 7.11. The van der Waals surface area contributed by atoms with Crippen LogP contribution in [0, 0.1) is 0 Å². The summed E-state index contributed by atoms with van der Waals surface area (Å²) >= 11 is 11.4. The van der Waals surface area contributed by atoms with Gasteiger partial charge in [-0.1, -0.05) is 29.3 Å². The molecule has 140 valence electrons. The summed E-state index contributed by atoms with van der Waals surface area (Å²) in [5.41, 5.74) is -0.115. The number of rotatable bonds is 7. The van der Waals surface area contributed by atoms with Gasteiger partial charge in [-0.05, 0) is 17.7 Å². The summed E-state index contributed by atoms with van der Waals surface area (Å²) < 4.78 is 34.8. The van der Waals surface area contributed by atoms with Gasteiger partial charge in [0.2, 0.25) is 5.91 Å². The number of aromatic nitrogens is 2. The molecule has 0 bridgehead atoms. The van der Waals surface area contributed by atoms with E-state index >= 15 is 0 Å². The summed E-state index contributed by atoms with van der Waals surface area (Å²) in [6, 6.07) is 4.24. The molecule has 2 aromatic rings. The quantitative estimate of drug-likeness (QED) is 0.762. The standard InChI is InChI=1S/C15H13Cl2F2N3O4/c1-25-11-4-8(2-3-10(11)26-15(18)19)5-20-12(23)7-22-14(24)13(17)9(16)6-21-22/h2-4,6,15H,5,7H2,1H3,(H,20,23). The van der Waals surface area contributed by atoms with Gasteiger partial charge in [0.25, 0.3) is 5.56 Å². The van der Waals surface area contributed by atoms with Gasteiger partial charge in [-0.2, -0.15) is 13.9 Å². The summed E-state index contributed by atoms with van der Waals surface area (Å²) in [5, 5.41) is 6.04. The molecule has 0 saturated carbocycles. The molecule has 0 aliphatic rings. The molecule has 0 spiro atoms. The molecule has 2 rings (SSSR count). The monoisotopic (exact) mass is 407 g/mol. The molecule has 1 N–H and O–H groups in total.